The number of ether oxygens (including phenoxy) is 1. The molecule has 0 saturated carbocycles. The van der Waals surface area contributed by atoms with Crippen LogP contribution in [0.2, 0.25) is 0 Å². The highest BCUT2D eigenvalue weighted by molar-refractivity contribution is 5.46. The summed E-state index contributed by atoms with van der Waals surface area (Å²) in [6.07, 6.45) is 2.17. The molecule has 5 nitrogen and oxygen atoms in total. The van der Waals surface area contributed by atoms with Crippen LogP contribution in [-0.4, -0.2) is 34.8 Å². The molecule has 1 aliphatic heterocycles. The van der Waals surface area contributed by atoms with Crippen LogP contribution < -0.4 is 10.3 Å². The summed E-state index contributed by atoms with van der Waals surface area (Å²) in [6, 6.07) is 9.18. The van der Waals surface area contributed by atoms with Gasteiger partial charge in [0, 0.05) is 17.8 Å². The van der Waals surface area contributed by atoms with Crippen LogP contribution in [-0.2, 0) is 6.54 Å². The lowest BCUT2D eigenvalue weighted by molar-refractivity contribution is 0.153. The van der Waals surface area contributed by atoms with Crippen LogP contribution in [0.15, 0.2) is 35.1 Å². The van der Waals surface area contributed by atoms with Crippen LogP contribution in [0, 0.1) is 12.8 Å². The average molecular weight is 370 g/mol. The van der Waals surface area contributed by atoms with Gasteiger partial charge in [0.1, 0.15) is 11.5 Å². The smallest absolute Gasteiger partial charge is 0.259 e. The first-order valence-electron chi connectivity index (χ1n) is 9.78. The van der Waals surface area contributed by atoms with Crippen molar-refractivity contribution in [1.82, 2.24) is 9.47 Å². The van der Waals surface area contributed by atoms with Crippen molar-refractivity contribution in [1.29, 1.82) is 0 Å². The van der Waals surface area contributed by atoms with Gasteiger partial charge in [0.25, 0.3) is 5.56 Å². The van der Waals surface area contributed by atoms with Crippen LogP contribution in [0.1, 0.15) is 49.6 Å². The zero-order valence-corrected chi connectivity index (χ0v) is 16.7. The number of pyridine rings is 1. The molecule has 1 saturated heterocycles. The third kappa shape index (κ3) is 3.74. The molecular formula is C22H30N2O3. The van der Waals surface area contributed by atoms with E-state index in [2.05, 4.69) is 11.8 Å². The van der Waals surface area contributed by atoms with Gasteiger partial charge in [0.05, 0.1) is 18.7 Å². The van der Waals surface area contributed by atoms with E-state index in [1.54, 1.807) is 17.7 Å². The van der Waals surface area contributed by atoms with E-state index in [9.17, 15) is 9.90 Å². The van der Waals surface area contributed by atoms with E-state index < -0.39 is 0 Å². The summed E-state index contributed by atoms with van der Waals surface area (Å²) in [6.45, 7) is 8.44. The zero-order valence-electron chi connectivity index (χ0n) is 16.7. The van der Waals surface area contributed by atoms with E-state index in [0.717, 1.165) is 42.9 Å². The predicted octanol–water partition coefficient (Wildman–Crippen LogP) is 3.71. The van der Waals surface area contributed by atoms with Crippen LogP contribution in [0.3, 0.4) is 0 Å². The second kappa shape index (κ2) is 8.17. The van der Waals surface area contributed by atoms with Gasteiger partial charge in [-0.1, -0.05) is 25.1 Å². The number of piperidine rings is 1. The Labute approximate surface area is 161 Å². The fourth-order valence-electron chi connectivity index (χ4n) is 4.13. The number of hydrogen-bond acceptors (Lipinski definition) is 4. The Morgan fingerprint density at radius 3 is 2.56 bits per heavy atom. The Morgan fingerprint density at radius 2 is 1.93 bits per heavy atom. The van der Waals surface area contributed by atoms with Crippen molar-refractivity contribution in [2.45, 2.75) is 46.2 Å². The molecule has 0 bridgehead atoms. The lowest BCUT2D eigenvalue weighted by Gasteiger charge is -2.37. The Bertz CT molecular complexity index is 851. The maximum Gasteiger partial charge on any atom is 0.259 e. The quantitative estimate of drug-likeness (QED) is 0.872. The molecule has 1 aliphatic rings. The van der Waals surface area contributed by atoms with E-state index in [1.165, 1.54) is 0 Å². The van der Waals surface area contributed by atoms with Crippen molar-refractivity contribution in [3.63, 3.8) is 0 Å². The normalized spacial score (nSPS) is 17.0. The van der Waals surface area contributed by atoms with Gasteiger partial charge in [-0.2, -0.15) is 0 Å². The van der Waals surface area contributed by atoms with Crippen LogP contribution in [0.25, 0.3) is 0 Å². The predicted molar refractivity (Wildman–Crippen MR) is 108 cm³/mol. The highest BCUT2D eigenvalue weighted by Gasteiger charge is 2.32. The highest BCUT2D eigenvalue weighted by Crippen LogP contribution is 2.38. The molecule has 2 aromatic rings. The maximum absolute atomic E-state index is 13.3. The summed E-state index contributed by atoms with van der Waals surface area (Å²) in [5.41, 5.74) is 2.02. The van der Waals surface area contributed by atoms with E-state index in [-0.39, 0.29) is 17.4 Å². The molecule has 1 N–H and O–H groups in total. The molecule has 1 aromatic carbocycles. The summed E-state index contributed by atoms with van der Waals surface area (Å²) in [5, 5.41) is 10.8. The van der Waals surface area contributed by atoms with E-state index in [0.29, 0.717) is 18.0 Å². The van der Waals surface area contributed by atoms with Crippen molar-refractivity contribution in [3.8, 4) is 11.5 Å². The molecule has 1 atom stereocenters. The molecule has 146 valence electrons. The first-order chi connectivity index (χ1) is 13.0. The van der Waals surface area contributed by atoms with E-state index in [1.807, 2.05) is 38.1 Å². The first-order valence-corrected chi connectivity index (χ1v) is 9.78. The molecule has 0 aliphatic carbocycles. The van der Waals surface area contributed by atoms with Gasteiger partial charge in [0.15, 0.2) is 0 Å². The summed E-state index contributed by atoms with van der Waals surface area (Å²) in [4.78, 5) is 15.6. The van der Waals surface area contributed by atoms with Crippen molar-refractivity contribution in [2.75, 3.05) is 20.2 Å². The maximum atomic E-state index is 13.3. The van der Waals surface area contributed by atoms with Gasteiger partial charge < -0.3 is 14.4 Å². The molecule has 1 aromatic heterocycles. The van der Waals surface area contributed by atoms with Crippen LogP contribution >= 0.6 is 0 Å². The van der Waals surface area contributed by atoms with Gasteiger partial charge >= 0.3 is 0 Å². The SMILES string of the molecule is CCn1c(C)cc(O)c(C(c2ccccc2OC)N2CCC(C)CC2)c1=O. The van der Waals surface area contributed by atoms with Gasteiger partial charge in [0.2, 0.25) is 0 Å². The Kier molecular flexibility index (Phi) is 5.90. The summed E-state index contributed by atoms with van der Waals surface area (Å²) < 4.78 is 7.33. The number of hydrogen-bond donors (Lipinski definition) is 1. The van der Waals surface area contributed by atoms with Gasteiger partial charge in [-0.15, -0.1) is 0 Å². The fraction of sp³-hybridized carbons (Fsp3) is 0.500. The number of nitrogens with zero attached hydrogens (tertiary/aromatic N) is 2. The van der Waals surface area contributed by atoms with Crippen molar-refractivity contribution >= 4 is 0 Å². The second-order valence-corrected chi connectivity index (χ2v) is 7.50. The van der Waals surface area contributed by atoms with Crippen LogP contribution in [0.5, 0.6) is 11.5 Å². The van der Waals surface area contributed by atoms with Gasteiger partial charge in [-0.3, -0.25) is 9.69 Å². The fourth-order valence-corrected chi connectivity index (χ4v) is 4.13. The molecule has 27 heavy (non-hydrogen) atoms. The lowest BCUT2D eigenvalue weighted by Crippen LogP contribution is -2.40. The minimum atomic E-state index is -0.320. The topological polar surface area (TPSA) is 54.7 Å². The summed E-state index contributed by atoms with van der Waals surface area (Å²) in [5.74, 6) is 1.48. The van der Waals surface area contributed by atoms with Gasteiger partial charge in [-0.25, -0.2) is 0 Å². The second-order valence-electron chi connectivity index (χ2n) is 7.50. The summed E-state index contributed by atoms with van der Waals surface area (Å²) in [7, 11) is 1.65. The highest BCUT2D eigenvalue weighted by atomic mass is 16.5. The largest absolute Gasteiger partial charge is 0.507 e. The molecule has 2 heterocycles. The average Bonchev–Trinajstić information content (AvgIpc) is 2.66. The number of aryl methyl sites for hydroxylation is 1. The summed E-state index contributed by atoms with van der Waals surface area (Å²) >= 11 is 0. The molecule has 0 radical (unpaired) electrons. The van der Waals surface area contributed by atoms with Crippen molar-refractivity contribution in [2.24, 2.45) is 5.92 Å². The number of methoxy groups -OCH3 is 1. The third-order valence-electron chi connectivity index (χ3n) is 5.73. The lowest BCUT2D eigenvalue weighted by atomic mass is 9.91. The van der Waals surface area contributed by atoms with Crippen molar-refractivity contribution < 1.29 is 9.84 Å². The molecule has 3 rings (SSSR count). The minimum absolute atomic E-state index is 0.0664. The van der Waals surface area contributed by atoms with E-state index in [4.69, 9.17) is 4.74 Å². The van der Waals surface area contributed by atoms with E-state index >= 15 is 0 Å². The Hall–Kier alpha value is -2.27. The number of aromatic nitrogens is 1. The van der Waals surface area contributed by atoms with Gasteiger partial charge in [-0.05, 0) is 57.8 Å². The molecule has 0 spiro atoms. The standard InChI is InChI=1S/C22H30N2O3/c1-5-24-16(3)14-18(25)20(22(24)26)21(23-12-10-15(2)11-13-23)17-8-6-7-9-19(17)27-4/h6-9,14-15,21,25H,5,10-13H2,1-4H3. The van der Waals surface area contributed by atoms with Crippen LogP contribution in [0.4, 0.5) is 0 Å². The number of benzene rings is 1. The molecule has 0 amide bonds. The monoisotopic (exact) mass is 370 g/mol. The third-order valence-corrected chi connectivity index (χ3v) is 5.73. The Balaban J connectivity index is 2.21. The zero-order chi connectivity index (χ0) is 19.6. The minimum Gasteiger partial charge on any atom is -0.507 e. The molecule has 5 heteroatoms. The number of para-hydroxylation sites is 1. The first kappa shape index (κ1) is 19.5. The van der Waals surface area contributed by atoms with Crippen molar-refractivity contribution in [3.05, 3.63) is 57.5 Å². The number of likely N-dealkylation sites (tertiary alicyclic amines) is 1. The molecular weight excluding hydrogens is 340 g/mol. The number of aromatic hydroxyl groups is 1. The molecule has 1 unspecified atom stereocenters. The molecule has 1 fully saturated rings. The Morgan fingerprint density at radius 1 is 1.26 bits per heavy atom. The number of rotatable bonds is 5.